The Bertz CT molecular complexity index is 274. The Hall–Kier alpha value is -1.15. The maximum atomic E-state index is 12.8. The number of hydrogen-bond donors (Lipinski definition) is 1. The molecule has 1 nitrogen and oxygen atoms in total. The van der Waals surface area contributed by atoms with Crippen molar-refractivity contribution in [2.24, 2.45) is 5.73 Å². The summed E-state index contributed by atoms with van der Waals surface area (Å²) >= 11 is 0. The molecule has 0 saturated heterocycles. The van der Waals surface area contributed by atoms with Crippen LogP contribution >= 0.6 is 0 Å². The summed E-state index contributed by atoms with van der Waals surface area (Å²) in [7, 11) is 0. The molecule has 2 heteroatoms. The average molecular weight is 165 g/mol. The normalized spacial score (nSPS) is 12.6. The van der Waals surface area contributed by atoms with Gasteiger partial charge in [-0.05, 0) is 30.2 Å². The first-order chi connectivity index (χ1) is 5.63. The van der Waals surface area contributed by atoms with E-state index >= 15 is 0 Å². The van der Waals surface area contributed by atoms with Gasteiger partial charge in [0.05, 0.1) is 0 Å². The molecule has 0 radical (unpaired) electrons. The highest BCUT2D eigenvalue weighted by Crippen LogP contribution is 2.14. The standard InChI is InChI=1S/C10H12FN/c1-3-10(12)8-4-7(2)5-9(11)6-8/h3-6,10H,1,12H2,2H3/t10-/m1/s1. The third-order valence-electron chi connectivity index (χ3n) is 1.70. The van der Waals surface area contributed by atoms with Gasteiger partial charge in [0.15, 0.2) is 0 Å². The first-order valence-corrected chi connectivity index (χ1v) is 3.78. The molecular weight excluding hydrogens is 153 g/mol. The van der Waals surface area contributed by atoms with Crippen LogP contribution in [0.5, 0.6) is 0 Å². The van der Waals surface area contributed by atoms with Crippen molar-refractivity contribution in [3.63, 3.8) is 0 Å². The second kappa shape index (κ2) is 3.50. The highest BCUT2D eigenvalue weighted by molar-refractivity contribution is 5.27. The van der Waals surface area contributed by atoms with E-state index in [9.17, 15) is 4.39 Å². The van der Waals surface area contributed by atoms with E-state index in [0.29, 0.717) is 0 Å². The van der Waals surface area contributed by atoms with Crippen molar-refractivity contribution in [2.45, 2.75) is 13.0 Å². The molecule has 0 spiro atoms. The average Bonchev–Trinajstić information content (AvgIpc) is 2.01. The minimum Gasteiger partial charge on any atom is -0.321 e. The molecule has 0 saturated carbocycles. The molecule has 0 fully saturated rings. The van der Waals surface area contributed by atoms with E-state index in [-0.39, 0.29) is 11.9 Å². The van der Waals surface area contributed by atoms with Crippen LogP contribution in [0, 0.1) is 12.7 Å². The molecule has 0 heterocycles. The Kier molecular flexibility index (Phi) is 2.61. The van der Waals surface area contributed by atoms with Gasteiger partial charge in [-0.3, -0.25) is 0 Å². The smallest absolute Gasteiger partial charge is 0.123 e. The van der Waals surface area contributed by atoms with Crippen molar-refractivity contribution in [3.8, 4) is 0 Å². The zero-order valence-corrected chi connectivity index (χ0v) is 7.05. The Labute approximate surface area is 71.7 Å². The van der Waals surface area contributed by atoms with Crippen molar-refractivity contribution in [3.05, 3.63) is 47.8 Å². The molecule has 12 heavy (non-hydrogen) atoms. The molecule has 64 valence electrons. The number of nitrogens with two attached hydrogens (primary N) is 1. The van der Waals surface area contributed by atoms with Crippen molar-refractivity contribution < 1.29 is 4.39 Å². The Balaban J connectivity index is 3.08. The number of aryl methyl sites for hydroxylation is 1. The van der Waals surface area contributed by atoms with Crippen LogP contribution in [0.25, 0.3) is 0 Å². The molecule has 0 bridgehead atoms. The third-order valence-corrected chi connectivity index (χ3v) is 1.70. The lowest BCUT2D eigenvalue weighted by Crippen LogP contribution is -2.06. The Morgan fingerprint density at radius 1 is 1.50 bits per heavy atom. The second-order valence-electron chi connectivity index (χ2n) is 2.82. The lowest BCUT2D eigenvalue weighted by molar-refractivity contribution is 0.622. The Morgan fingerprint density at radius 2 is 2.17 bits per heavy atom. The van der Waals surface area contributed by atoms with E-state index in [0.717, 1.165) is 11.1 Å². The molecule has 1 aromatic rings. The molecule has 0 unspecified atom stereocenters. The van der Waals surface area contributed by atoms with Crippen LogP contribution < -0.4 is 5.73 Å². The van der Waals surface area contributed by atoms with E-state index in [1.807, 2.05) is 13.0 Å². The second-order valence-corrected chi connectivity index (χ2v) is 2.82. The molecule has 0 aromatic heterocycles. The zero-order valence-electron chi connectivity index (χ0n) is 7.05. The van der Waals surface area contributed by atoms with Crippen LogP contribution in [0.3, 0.4) is 0 Å². The third kappa shape index (κ3) is 1.92. The van der Waals surface area contributed by atoms with Gasteiger partial charge < -0.3 is 5.73 Å². The van der Waals surface area contributed by atoms with Crippen LogP contribution in [0.4, 0.5) is 4.39 Å². The molecular formula is C10H12FN. The number of benzene rings is 1. The molecule has 0 amide bonds. The van der Waals surface area contributed by atoms with E-state index in [1.165, 1.54) is 12.1 Å². The molecule has 1 rings (SSSR count). The molecule has 1 atom stereocenters. The van der Waals surface area contributed by atoms with Crippen LogP contribution in [0.15, 0.2) is 30.9 Å². The first kappa shape index (κ1) is 8.94. The summed E-state index contributed by atoms with van der Waals surface area (Å²) in [4.78, 5) is 0. The monoisotopic (exact) mass is 165 g/mol. The number of rotatable bonds is 2. The number of hydrogen-bond acceptors (Lipinski definition) is 1. The van der Waals surface area contributed by atoms with Gasteiger partial charge in [-0.2, -0.15) is 0 Å². The fourth-order valence-corrected chi connectivity index (χ4v) is 1.09. The van der Waals surface area contributed by atoms with Crippen LogP contribution in [-0.4, -0.2) is 0 Å². The van der Waals surface area contributed by atoms with Gasteiger partial charge in [0.1, 0.15) is 5.82 Å². The van der Waals surface area contributed by atoms with Gasteiger partial charge in [-0.1, -0.05) is 12.1 Å². The van der Waals surface area contributed by atoms with Crippen molar-refractivity contribution in [1.29, 1.82) is 0 Å². The van der Waals surface area contributed by atoms with Crippen molar-refractivity contribution in [2.75, 3.05) is 0 Å². The summed E-state index contributed by atoms with van der Waals surface area (Å²) < 4.78 is 12.8. The first-order valence-electron chi connectivity index (χ1n) is 3.78. The zero-order chi connectivity index (χ0) is 9.14. The summed E-state index contributed by atoms with van der Waals surface area (Å²) in [6.45, 7) is 5.38. The summed E-state index contributed by atoms with van der Waals surface area (Å²) in [6, 6.07) is 4.48. The SMILES string of the molecule is C=C[C@@H](N)c1cc(C)cc(F)c1. The van der Waals surface area contributed by atoms with Crippen molar-refractivity contribution in [1.82, 2.24) is 0 Å². The van der Waals surface area contributed by atoms with Crippen LogP contribution in [-0.2, 0) is 0 Å². The van der Waals surface area contributed by atoms with E-state index < -0.39 is 0 Å². The van der Waals surface area contributed by atoms with Gasteiger partial charge in [0.2, 0.25) is 0 Å². The topological polar surface area (TPSA) is 26.0 Å². The molecule has 0 aliphatic heterocycles. The van der Waals surface area contributed by atoms with Gasteiger partial charge >= 0.3 is 0 Å². The number of halogens is 1. The maximum Gasteiger partial charge on any atom is 0.123 e. The summed E-state index contributed by atoms with van der Waals surface area (Å²) in [5.74, 6) is -0.248. The fraction of sp³-hybridized carbons (Fsp3) is 0.200. The molecule has 0 aliphatic rings. The molecule has 1 aromatic carbocycles. The van der Waals surface area contributed by atoms with Gasteiger partial charge in [-0.15, -0.1) is 6.58 Å². The van der Waals surface area contributed by atoms with Crippen molar-refractivity contribution >= 4 is 0 Å². The Morgan fingerprint density at radius 3 is 2.67 bits per heavy atom. The minimum absolute atomic E-state index is 0.248. The fourth-order valence-electron chi connectivity index (χ4n) is 1.09. The predicted octanol–water partition coefficient (Wildman–Crippen LogP) is 2.32. The summed E-state index contributed by atoms with van der Waals surface area (Å²) in [5, 5.41) is 0. The maximum absolute atomic E-state index is 12.8. The molecule has 2 N–H and O–H groups in total. The summed E-state index contributed by atoms with van der Waals surface area (Å²) in [6.07, 6.45) is 1.59. The van der Waals surface area contributed by atoms with Crippen LogP contribution in [0.1, 0.15) is 17.2 Å². The lowest BCUT2D eigenvalue weighted by atomic mass is 10.1. The molecule has 0 aliphatic carbocycles. The lowest BCUT2D eigenvalue weighted by Gasteiger charge is -2.07. The highest BCUT2D eigenvalue weighted by Gasteiger charge is 2.02. The van der Waals surface area contributed by atoms with E-state index in [4.69, 9.17) is 5.73 Å². The predicted molar refractivity (Wildman–Crippen MR) is 48.3 cm³/mol. The summed E-state index contributed by atoms with van der Waals surface area (Å²) in [5.41, 5.74) is 7.29. The van der Waals surface area contributed by atoms with Gasteiger partial charge in [-0.25, -0.2) is 4.39 Å². The van der Waals surface area contributed by atoms with Gasteiger partial charge in [0.25, 0.3) is 0 Å². The van der Waals surface area contributed by atoms with E-state index in [1.54, 1.807) is 6.08 Å². The quantitative estimate of drug-likeness (QED) is 0.669. The highest BCUT2D eigenvalue weighted by atomic mass is 19.1. The largest absolute Gasteiger partial charge is 0.321 e. The van der Waals surface area contributed by atoms with E-state index in [2.05, 4.69) is 6.58 Å². The van der Waals surface area contributed by atoms with Crippen LogP contribution in [0.2, 0.25) is 0 Å². The minimum atomic E-state index is -0.278. The van der Waals surface area contributed by atoms with Gasteiger partial charge in [0, 0.05) is 6.04 Å².